The van der Waals surface area contributed by atoms with Crippen LogP contribution < -0.4 is 4.74 Å². The fourth-order valence-corrected chi connectivity index (χ4v) is 5.48. The number of rotatable bonds is 7. The zero-order chi connectivity index (χ0) is 25.8. The van der Waals surface area contributed by atoms with Gasteiger partial charge in [-0.05, 0) is 93.4 Å². The van der Waals surface area contributed by atoms with E-state index in [0.29, 0.717) is 38.5 Å². The minimum absolute atomic E-state index is 0.112. The van der Waals surface area contributed by atoms with E-state index in [1.165, 1.54) is 24.3 Å². The number of carbonyl (C=O) groups is 1. The second kappa shape index (κ2) is 11.6. The van der Waals surface area contributed by atoms with Crippen LogP contribution in [0.2, 0.25) is 0 Å². The van der Waals surface area contributed by atoms with E-state index < -0.39 is 40.9 Å². The molecule has 0 atom stereocenters. The predicted octanol–water partition coefficient (Wildman–Crippen LogP) is 7.20. The van der Waals surface area contributed by atoms with Crippen molar-refractivity contribution in [3.8, 4) is 5.75 Å². The van der Waals surface area contributed by atoms with Crippen LogP contribution in [0.5, 0.6) is 5.75 Å². The molecule has 196 valence electrons. The number of halogens is 4. The van der Waals surface area contributed by atoms with Gasteiger partial charge in [0.1, 0.15) is 6.10 Å². The van der Waals surface area contributed by atoms with Gasteiger partial charge in [0.15, 0.2) is 23.2 Å². The lowest BCUT2D eigenvalue weighted by atomic mass is 9.82. The van der Waals surface area contributed by atoms with E-state index in [1.807, 2.05) is 0 Å². The van der Waals surface area contributed by atoms with E-state index in [9.17, 15) is 22.4 Å². The lowest BCUT2D eigenvalue weighted by molar-refractivity contribution is 0.0188. The Labute approximate surface area is 208 Å². The van der Waals surface area contributed by atoms with E-state index in [2.05, 4.69) is 0 Å². The first-order valence-electron chi connectivity index (χ1n) is 12.7. The maximum absolute atomic E-state index is 14.9. The molecule has 0 N–H and O–H groups in total. The van der Waals surface area contributed by atoms with Crippen LogP contribution in [0.25, 0.3) is 0 Å². The molecule has 0 bridgehead atoms. The van der Waals surface area contributed by atoms with E-state index >= 15 is 0 Å². The van der Waals surface area contributed by atoms with Crippen LogP contribution in [-0.4, -0.2) is 31.9 Å². The van der Waals surface area contributed by atoms with Crippen molar-refractivity contribution in [3.05, 3.63) is 64.2 Å². The molecule has 0 spiro atoms. The third-order valence-corrected chi connectivity index (χ3v) is 7.54. The second-order valence-corrected chi connectivity index (χ2v) is 9.63. The van der Waals surface area contributed by atoms with E-state index in [1.54, 1.807) is 14.0 Å². The third-order valence-electron chi connectivity index (χ3n) is 7.54. The zero-order valence-corrected chi connectivity index (χ0v) is 20.6. The summed E-state index contributed by atoms with van der Waals surface area (Å²) in [5.41, 5.74) is 0.122. The molecule has 0 saturated heterocycles. The molecule has 4 rings (SSSR count). The van der Waals surface area contributed by atoms with Crippen molar-refractivity contribution in [2.24, 2.45) is 0 Å². The summed E-state index contributed by atoms with van der Waals surface area (Å²) in [6, 6.07) is 5.73. The fourth-order valence-electron chi connectivity index (χ4n) is 5.48. The summed E-state index contributed by atoms with van der Waals surface area (Å²) < 4.78 is 74.4. The van der Waals surface area contributed by atoms with Crippen molar-refractivity contribution in [3.63, 3.8) is 0 Å². The molecular weight excluding hydrogens is 476 g/mol. The molecule has 0 heterocycles. The average molecular weight is 509 g/mol. The van der Waals surface area contributed by atoms with Crippen molar-refractivity contribution in [1.29, 1.82) is 0 Å². The number of hydrogen-bond donors (Lipinski definition) is 0. The van der Waals surface area contributed by atoms with E-state index in [-0.39, 0.29) is 41.4 Å². The van der Waals surface area contributed by atoms with Crippen LogP contribution in [-0.2, 0) is 9.47 Å². The Morgan fingerprint density at radius 3 is 1.83 bits per heavy atom. The summed E-state index contributed by atoms with van der Waals surface area (Å²) in [6.07, 6.45) is 4.36. The normalized spacial score (nSPS) is 24.4. The van der Waals surface area contributed by atoms with Gasteiger partial charge in [-0.3, -0.25) is 0 Å². The highest BCUT2D eigenvalue weighted by molar-refractivity contribution is 5.90. The smallest absolute Gasteiger partial charge is 0.341 e. The zero-order valence-electron chi connectivity index (χ0n) is 20.6. The SMILES string of the molecule is CCOc1ccc(C2CCC(OC(=O)c3ccc(C4CCC(OC)CC4)c(F)c3F)CC2)c(F)c1F. The van der Waals surface area contributed by atoms with Crippen LogP contribution in [0.4, 0.5) is 17.6 Å². The molecule has 2 aromatic carbocycles. The molecule has 2 fully saturated rings. The summed E-state index contributed by atoms with van der Waals surface area (Å²) in [7, 11) is 1.65. The molecule has 8 heteroatoms. The van der Waals surface area contributed by atoms with Crippen molar-refractivity contribution >= 4 is 5.97 Å². The first-order valence-corrected chi connectivity index (χ1v) is 12.7. The quantitative estimate of drug-likeness (QED) is 0.293. The maximum atomic E-state index is 14.9. The van der Waals surface area contributed by atoms with Crippen molar-refractivity contribution in [1.82, 2.24) is 0 Å². The monoisotopic (exact) mass is 508 g/mol. The molecular formula is C28H32F4O4. The van der Waals surface area contributed by atoms with Crippen molar-refractivity contribution in [2.45, 2.75) is 82.3 Å². The predicted molar refractivity (Wildman–Crippen MR) is 126 cm³/mol. The van der Waals surface area contributed by atoms with Crippen LogP contribution >= 0.6 is 0 Å². The third kappa shape index (κ3) is 5.53. The Kier molecular flexibility index (Phi) is 8.54. The van der Waals surface area contributed by atoms with Gasteiger partial charge < -0.3 is 14.2 Å². The maximum Gasteiger partial charge on any atom is 0.341 e. The highest BCUT2D eigenvalue weighted by Crippen LogP contribution is 2.39. The van der Waals surface area contributed by atoms with Gasteiger partial charge in [0.05, 0.1) is 18.3 Å². The Balaban J connectivity index is 1.36. The van der Waals surface area contributed by atoms with E-state index in [4.69, 9.17) is 14.2 Å². The van der Waals surface area contributed by atoms with Crippen molar-refractivity contribution < 1.29 is 36.6 Å². The average Bonchev–Trinajstić information content (AvgIpc) is 2.89. The number of ether oxygens (including phenoxy) is 3. The highest BCUT2D eigenvalue weighted by Gasteiger charge is 2.31. The lowest BCUT2D eigenvalue weighted by Gasteiger charge is -2.29. The van der Waals surface area contributed by atoms with Gasteiger partial charge in [0.25, 0.3) is 0 Å². The number of carbonyl (C=O) groups excluding carboxylic acids is 1. The molecule has 0 amide bonds. The van der Waals surface area contributed by atoms with Gasteiger partial charge in [-0.1, -0.05) is 12.1 Å². The molecule has 0 aliphatic heterocycles. The first kappa shape index (κ1) is 26.5. The fraction of sp³-hybridized carbons (Fsp3) is 0.536. The summed E-state index contributed by atoms with van der Waals surface area (Å²) in [5, 5.41) is 0. The summed E-state index contributed by atoms with van der Waals surface area (Å²) >= 11 is 0. The topological polar surface area (TPSA) is 44.8 Å². The molecule has 0 aromatic heterocycles. The van der Waals surface area contributed by atoms with Crippen molar-refractivity contribution in [2.75, 3.05) is 13.7 Å². The van der Waals surface area contributed by atoms with Gasteiger partial charge >= 0.3 is 5.97 Å². The molecule has 2 aliphatic rings. The molecule has 36 heavy (non-hydrogen) atoms. The summed E-state index contributed by atoms with van der Waals surface area (Å²) in [5.74, 6) is -5.49. The molecule has 0 radical (unpaired) electrons. The summed E-state index contributed by atoms with van der Waals surface area (Å²) in [6.45, 7) is 1.92. The number of benzene rings is 2. The Morgan fingerprint density at radius 2 is 1.28 bits per heavy atom. The minimum atomic E-state index is -1.19. The highest BCUT2D eigenvalue weighted by atomic mass is 19.2. The van der Waals surface area contributed by atoms with Gasteiger partial charge in [0, 0.05) is 7.11 Å². The number of esters is 1. The molecule has 2 aromatic rings. The molecule has 4 nitrogen and oxygen atoms in total. The molecule has 0 unspecified atom stereocenters. The van der Waals surface area contributed by atoms with Crippen LogP contribution in [0, 0.1) is 23.3 Å². The largest absolute Gasteiger partial charge is 0.491 e. The van der Waals surface area contributed by atoms with Gasteiger partial charge in [-0.25, -0.2) is 18.0 Å². The minimum Gasteiger partial charge on any atom is -0.491 e. The summed E-state index contributed by atoms with van der Waals surface area (Å²) in [4.78, 5) is 12.6. The number of hydrogen-bond acceptors (Lipinski definition) is 4. The van der Waals surface area contributed by atoms with Crippen LogP contribution in [0.3, 0.4) is 0 Å². The Bertz CT molecular complexity index is 1070. The number of methoxy groups -OCH3 is 1. The standard InChI is InChI=1S/C28H32F4O4/c1-3-35-23-15-14-21(25(30)27(23)32)17-6-10-19(11-7-17)36-28(33)22-13-12-20(24(29)26(22)31)16-4-8-18(34-2)9-5-16/h12-19H,3-11H2,1-2H3. The Morgan fingerprint density at radius 1 is 0.750 bits per heavy atom. The van der Waals surface area contributed by atoms with Gasteiger partial charge in [0.2, 0.25) is 5.82 Å². The lowest BCUT2D eigenvalue weighted by Crippen LogP contribution is -2.25. The second-order valence-electron chi connectivity index (χ2n) is 9.63. The van der Waals surface area contributed by atoms with Crippen LogP contribution in [0.1, 0.15) is 91.6 Å². The Hall–Kier alpha value is -2.61. The van der Waals surface area contributed by atoms with Gasteiger partial charge in [-0.2, -0.15) is 4.39 Å². The van der Waals surface area contributed by atoms with E-state index in [0.717, 1.165) is 12.8 Å². The van der Waals surface area contributed by atoms with Gasteiger partial charge in [-0.15, -0.1) is 0 Å². The first-order chi connectivity index (χ1) is 17.3. The molecule has 2 aliphatic carbocycles. The van der Waals surface area contributed by atoms with Crippen LogP contribution in [0.15, 0.2) is 24.3 Å². The molecule has 2 saturated carbocycles.